The number of pyridine rings is 1. The Balaban J connectivity index is 1.48. The van der Waals surface area contributed by atoms with Gasteiger partial charge in [-0.1, -0.05) is 23.9 Å². The van der Waals surface area contributed by atoms with Crippen molar-refractivity contribution in [3.05, 3.63) is 60.2 Å². The summed E-state index contributed by atoms with van der Waals surface area (Å²) in [6, 6.07) is 10.5. The van der Waals surface area contributed by atoms with E-state index in [-0.39, 0.29) is 17.0 Å². The lowest BCUT2D eigenvalue weighted by molar-refractivity contribution is -0.129. The summed E-state index contributed by atoms with van der Waals surface area (Å²) in [5.41, 5.74) is 1.73. The van der Waals surface area contributed by atoms with Gasteiger partial charge in [-0.15, -0.1) is 10.2 Å². The molecule has 8 heteroatoms. The Morgan fingerprint density at radius 1 is 1.28 bits per heavy atom. The fourth-order valence-corrected chi connectivity index (χ4v) is 4.26. The Hall–Kier alpha value is -2.74. The van der Waals surface area contributed by atoms with Crippen LogP contribution in [-0.2, 0) is 11.3 Å². The second kappa shape index (κ2) is 8.32. The van der Waals surface area contributed by atoms with Gasteiger partial charge >= 0.3 is 0 Å². The predicted molar refractivity (Wildman–Crippen MR) is 110 cm³/mol. The zero-order chi connectivity index (χ0) is 20.4. The second-order valence-corrected chi connectivity index (χ2v) is 8.54. The van der Waals surface area contributed by atoms with E-state index in [0.29, 0.717) is 12.6 Å². The van der Waals surface area contributed by atoms with Crippen molar-refractivity contribution in [3.63, 3.8) is 0 Å². The molecule has 150 valence electrons. The maximum Gasteiger partial charge on any atom is 0.235 e. The third-order valence-corrected chi connectivity index (χ3v) is 5.87. The highest BCUT2D eigenvalue weighted by molar-refractivity contribution is 8.00. The number of hydrogen-bond donors (Lipinski definition) is 0. The number of carbonyl (C=O) groups is 1. The van der Waals surface area contributed by atoms with Crippen molar-refractivity contribution < 1.29 is 9.18 Å². The lowest BCUT2D eigenvalue weighted by atomic mass is 10.2. The van der Waals surface area contributed by atoms with Crippen LogP contribution in [0.3, 0.4) is 0 Å². The number of hydrogen-bond acceptors (Lipinski definition) is 5. The standard InChI is InChI=1S/C21H22FN5OS/c1-14(20(28)26(2)13-15-4-3-5-17(22)12-15)29-21-25-24-19(27(21)18-6-7-18)16-8-10-23-11-9-16/h3-5,8-12,14,18H,6-7,13H2,1-2H3/t14-/m0/s1. The summed E-state index contributed by atoms with van der Waals surface area (Å²) in [7, 11) is 1.73. The van der Waals surface area contributed by atoms with Crippen molar-refractivity contribution in [3.8, 4) is 11.4 Å². The SMILES string of the molecule is C[C@H](Sc1nnc(-c2ccncc2)n1C1CC1)C(=O)N(C)Cc1cccc(F)c1. The van der Waals surface area contributed by atoms with Crippen LogP contribution in [0.1, 0.15) is 31.4 Å². The average Bonchev–Trinajstić information content (AvgIpc) is 3.48. The Morgan fingerprint density at radius 2 is 2.03 bits per heavy atom. The Labute approximate surface area is 173 Å². The van der Waals surface area contributed by atoms with Gasteiger partial charge in [0.15, 0.2) is 11.0 Å². The Morgan fingerprint density at radius 3 is 2.72 bits per heavy atom. The van der Waals surface area contributed by atoms with Crippen molar-refractivity contribution >= 4 is 17.7 Å². The molecule has 1 aliphatic rings. The van der Waals surface area contributed by atoms with Gasteiger partial charge in [-0.2, -0.15) is 0 Å². The number of amides is 1. The molecule has 1 amide bonds. The minimum Gasteiger partial charge on any atom is -0.340 e. The van der Waals surface area contributed by atoms with Crippen molar-refractivity contribution in [2.75, 3.05) is 7.05 Å². The van der Waals surface area contributed by atoms with Gasteiger partial charge in [0.05, 0.1) is 5.25 Å². The minimum atomic E-state index is -0.333. The second-order valence-electron chi connectivity index (χ2n) is 7.23. The van der Waals surface area contributed by atoms with Crippen molar-refractivity contribution in [1.82, 2.24) is 24.6 Å². The van der Waals surface area contributed by atoms with Crippen LogP contribution in [0.5, 0.6) is 0 Å². The molecule has 1 atom stereocenters. The van der Waals surface area contributed by atoms with Crippen LogP contribution in [0, 0.1) is 5.82 Å². The lowest BCUT2D eigenvalue weighted by Crippen LogP contribution is -2.33. The molecule has 0 radical (unpaired) electrons. The first-order chi connectivity index (χ1) is 14.0. The van der Waals surface area contributed by atoms with E-state index >= 15 is 0 Å². The van der Waals surface area contributed by atoms with Crippen LogP contribution in [0.15, 0.2) is 53.9 Å². The third-order valence-electron chi connectivity index (χ3n) is 4.83. The number of carbonyl (C=O) groups excluding carboxylic acids is 1. The first kappa shape index (κ1) is 19.6. The van der Waals surface area contributed by atoms with Crippen LogP contribution >= 0.6 is 11.8 Å². The maximum absolute atomic E-state index is 13.4. The van der Waals surface area contributed by atoms with E-state index in [0.717, 1.165) is 34.9 Å². The van der Waals surface area contributed by atoms with Crippen LogP contribution in [0.4, 0.5) is 4.39 Å². The lowest BCUT2D eigenvalue weighted by Gasteiger charge is -2.21. The van der Waals surface area contributed by atoms with Crippen LogP contribution in [0.2, 0.25) is 0 Å². The fraction of sp³-hybridized carbons (Fsp3) is 0.333. The number of aromatic nitrogens is 4. The summed E-state index contributed by atoms with van der Waals surface area (Å²) in [6.07, 6.45) is 5.65. The van der Waals surface area contributed by atoms with Crippen molar-refractivity contribution in [1.29, 1.82) is 0 Å². The molecule has 1 aliphatic carbocycles. The molecule has 0 bridgehead atoms. The van der Waals surface area contributed by atoms with Crippen LogP contribution in [0.25, 0.3) is 11.4 Å². The summed E-state index contributed by atoms with van der Waals surface area (Å²) < 4.78 is 15.5. The Bertz CT molecular complexity index is 1010. The van der Waals surface area contributed by atoms with E-state index in [1.807, 2.05) is 25.1 Å². The van der Waals surface area contributed by atoms with Crippen molar-refractivity contribution in [2.45, 2.75) is 42.8 Å². The molecule has 1 fully saturated rings. The van der Waals surface area contributed by atoms with E-state index in [9.17, 15) is 9.18 Å². The molecule has 0 N–H and O–H groups in total. The maximum atomic E-state index is 13.4. The summed E-state index contributed by atoms with van der Waals surface area (Å²) in [5, 5.41) is 9.16. The molecule has 0 saturated heterocycles. The number of halogens is 1. The van der Waals surface area contributed by atoms with E-state index < -0.39 is 0 Å². The van der Waals surface area contributed by atoms with Gasteiger partial charge in [0.25, 0.3) is 0 Å². The third kappa shape index (κ3) is 4.48. The number of benzene rings is 1. The summed E-state index contributed by atoms with van der Waals surface area (Å²) >= 11 is 1.41. The van der Waals surface area contributed by atoms with Crippen LogP contribution in [-0.4, -0.2) is 42.9 Å². The van der Waals surface area contributed by atoms with Crippen LogP contribution < -0.4 is 0 Å². The highest BCUT2D eigenvalue weighted by atomic mass is 32.2. The smallest absolute Gasteiger partial charge is 0.235 e. The van der Waals surface area contributed by atoms with E-state index in [4.69, 9.17) is 0 Å². The summed E-state index contributed by atoms with van der Waals surface area (Å²) in [5.74, 6) is 0.479. The van der Waals surface area contributed by atoms with Gasteiger partial charge in [0.1, 0.15) is 5.82 Å². The Kier molecular flexibility index (Phi) is 5.62. The summed E-state index contributed by atoms with van der Waals surface area (Å²) in [6.45, 7) is 2.23. The highest BCUT2D eigenvalue weighted by Crippen LogP contribution is 2.41. The molecule has 1 aromatic carbocycles. The quantitative estimate of drug-likeness (QED) is 0.551. The first-order valence-corrected chi connectivity index (χ1v) is 10.4. The van der Waals surface area contributed by atoms with Gasteiger partial charge in [0, 0.05) is 37.6 Å². The molecule has 4 rings (SSSR count). The number of rotatable bonds is 7. The molecule has 3 aromatic rings. The number of thioether (sulfide) groups is 1. The minimum absolute atomic E-state index is 0.0323. The molecule has 0 unspecified atom stereocenters. The monoisotopic (exact) mass is 411 g/mol. The zero-order valence-corrected chi connectivity index (χ0v) is 17.1. The van der Waals surface area contributed by atoms with Gasteiger partial charge in [-0.25, -0.2) is 4.39 Å². The van der Waals surface area contributed by atoms with E-state index in [2.05, 4.69) is 19.7 Å². The van der Waals surface area contributed by atoms with Gasteiger partial charge < -0.3 is 4.90 Å². The topological polar surface area (TPSA) is 63.9 Å². The van der Waals surface area contributed by atoms with Gasteiger partial charge in [-0.05, 0) is 49.6 Å². The van der Waals surface area contributed by atoms with Gasteiger partial charge in [0.2, 0.25) is 5.91 Å². The molecule has 2 aromatic heterocycles. The van der Waals surface area contributed by atoms with Gasteiger partial charge in [-0.3, -0.25) is 14.3 Å². The molecular formula is C21H22FN5OS. The molecule has 6 nitrogen and oxygen atoms in total. The number of nitrogens with zero attached hydrogens (tertiary/aromatic N) is 5. The first-order valence-electron chi connectivity index (χ1n) is 9.54. The zero-order valence-electron chi connectivity index (χ0n) is 16.3. The molecule has 29 heavy (non-hydrogen) atoms. The van der Waals surface area contributed by atoms with E-state index in [1.54, 1.807) is 30.4 Å². The van der Waals surface area contributed by atoms with E-state index in [1.165, 1.54) is 23.9 Å². The predicted octanol–water partition coefficient (Wildman–Crippen LogP) is 3.95. The summed E-state index contributed by atoms with van der Waals surface area (Å²) in [4.78, 5) is 18.5. The molecule has 2 heterocycles. The van der Waals surface area contributed by atoms with Crippen molar-refractivity contribution in [2.24, 2.45) is 0 Å². The molecule has 0 aliphatic heterocycles. The average molecular weight is 412 g/mol. The molecular weight excluding hydrogens is 389 g/mol. The molecule has 1 saturated carbocycles. The molecule has 0 spiro atoms. The highest BCUT2D eigenvalue weighted by Gasteiger charge is 2.32. The largest absolute Gasteiger partial charge is 0.340 e. The normalized spacial score (nSPS) is 14.6. The fourth-order valence-electron chi connectivity index (χ4n) is 3.22.